The molecule has 0 heterocycles. The molecule has 0 saturated heterocycles. The molecule has 6 aromatic carbocycles. The Morgan fingerprint density at radius 3 is 1.02 bits per heavy atom. The number of benzene rings is 6. The van der Waals surface area contributed by atoms with Crippen molar-refractivity contribution in [3.63, 3.8) is 0 Å². The van der Waals surface area contributed by atoms with Crippen molar-refractivity contribution in [3.05, 3.63) is 155 Å². The number of rotatable bonds is 7. The molecule has 0 saturated carbocycles. The van der Waals surface area contributed by atoms with Gasteiger partial charge in [-0.15, -0.1) is 0 Å². The average molecular weight is 797 g/mol. The molecule has 0 aliphatic heterocycles. The highest BCUT2D eigenvalue weighted by Crippen LogP contribution is 2.44. The van der Waals surface area contributed by atoms with Crippen LogP contribution in [0.5, 0.6) is 11.5 Å². The zero-order valence-corrected chi connectivity index (χ0v) is 38.3. The Hall–Kier alpha value is -5.74. The van der Waals surface area contributed by atoms with Crippen molar-refractivity contribution in [1.82, 2.24) is 0 Å². The minimum atomic E-state index is -0.279. The molecule has 0 aliphatic rings. The zero-order valence-electron chi connectivity index (χ0n) is 38.3. The molecule has 0 aromatic heterocycles. The van der Waals surface area contributed by atoms with Gasteiger partial charge in [0.15, 0.2) is 0 Å². The lowest BCUT2D eigenvalue weighted by molar-refractivity contribution is 0.442. The number of nitrogens with zero attached hydrogens (tertiary/aromatic N) is 2. The maximum absolute atomic E-state index is 11.9. The maximum atomic E-state index is 11.9. The van der Waals surface area contributed by atoms with Crippen LogP contribution in [0.25, 0.3) is 33.4 Å². The van der Waals surface area contributed by atoms with Crippen LogP contribution in [-0.2, 0) is 21.7 Å². The van der Waals surface area contributed by atoms with Crippen LogP contribution >= 0.6 is 0 Å². The van der Waals surface area contributed by atoms with Gasteiger partial charge < -0.3 is 10.2 Å². The Bertz CT molecular complexity index is 2400. The van der Waals surface area contributed by atoms with Crippen LogP contribution in [0.15, 0.2) is 131 Å². The lowest BCUT2D eigenvalue weighted by Crippen LogP contribution is -2.18. The quantitative estimate of drug-likeness (QED) is 0.158. The molecule has 0 radical (unpaired) electrons. The molecule has 0 bridgehead atoms. The van der Waals surface area contributed by atoms with Crippen LogP contribution in [0.4, 0.5) is 11.4 Å². The second-order valence-electron chi connectivity index (χ2n) is 20.4. The first kappa shape index (κ1) is 43.8. The molecule has 2 N–H and O–H groups in total. The van der Waals surface area contributed by atoms with E-state index < -0.39 is 0 Å². The fourth-order valence-corrected chi connectivity index (χ4v) is 7.64. The van der Waals surface area contributed by atoms with E-state index in [-0.39, 0.29) is 33.2 Å². The Kier molecular flexibility index (Phi) is 12.0. The third kappa shape index (κ3) is 9.49. The molecule has 60 heavy (non-hydrogen) atoms. The van der Waals surface area contributed by atoms with Gasteiger partial charge in [-0.3, -0.25) is 9.98 Å². The van der Waals surface area contributed by atoms with E-state index in [1.165, 1.54) is 0 Å². The van der Waals surface area contributed by atoms with E-state index in [1.807, 2.05) is 26.0 Å². The van der Waals surface area contributed by atoms with E-state index in [4.69, 9.17) is 9.98 Å². The monoisotopic (exact) mass is 796 g/mol. The van der Waals surface area contributed by atoms with E-state index in [9.17, 15) is 10.2 Å². The summed E-state index contributed by atoms with van der Waals surface area (Å²) in [5, 5.41) is 23.8. The molecule has 4 nitrogen and oxygen atoms in total. The van der Waals surface area contributed by atoms with Crippen molar-refractivity contribution in [1.29, 1.82) is 0 Å². The van der Waals surface area contributed by atoms with Gasteiger partial charge in [0.25, 0.3) is 0 Å². The van der Waals surface area contributed by atoms with Crippen LogP contribution < -0.4 is 0 Å². The molecule has 0 spiro atoms. The van der Waals surface area contributed by atoms with Gasteiger partial charge in [-0.25, -0.2) is 0 Å². The largest absolute Gasteiger partial charge is 0.507 e. The Morgan fingerprint density at radius 2 is 0.717 bits per heavy atom. The van der Waals surface area contributed by atoms with Gasteiger partial charge in [-0.05, 0) is 93.2 Å². The molecule has 6 rings (SSSR count). The first-order chi connectivity index (χ1) is 27.9. The van der Waals surface area contributed by atoms with Gasteiger partial charge >= 0.3 is 0 Å². The summed E-state index contributed by atoms with van der Waals surface area (Å²) >= 11 is 0. The second kappa shape index (κ2) is 16.4. The van der Waals surface area contributed by atoms with Crippen LogP contribution in [0.3, 0.4) is 0 Å². The lowest BCUT2D eigenvalue weighted by Gasteiger charge is -2.27. The second-order valence-corrected chi connectivity index (χ2v) is 20.4. The van der Waals surface area contributed by atoms with Crippen LogP contribution in [0.2, 0.25) is 0 Å². The molecule has 310 valence electrons. The highest BCUT2D eigenvalue weighted by molar-refractivity contribution is 6.06. The first-order valence-electron chi connectivity index (χ1n) is 21.2. The highest BCUT2D eigenvalue weighted by Gasteiger charge is 2.28. The zero-order chi connectivity index (χ0) is 43.9. The lowest BCUT2D eigenvalue weighted by atomic mass is 9.78. The van der Waals surface area contributed by atoms with E-state index in [0.29, 0.717) is 0 Å². The number of hydrogen-bond donors (Lipinski definition) is 2. The SMILES string of the molecule is CC(=Nc1cc(-c2ccccc2)ccc1-c1ccc(-c2ccccc2)cc1N=C(C)c1cc(C(C)(C)C)cc(C(C)(C)C)c1O)c1cc(C(C)(C)C)cc(C(C)(C)C)c1O. The van der Waals surface area contributed by atoms with Gasteiger partial charge in [0.2, 0.25) is 0 Å². The van der Waals surface area contributed by atoms with E-state index in [0.717, 1.165) is 89.6 Å². The van der Waals surface area contributed by atoms with Crippen molar-refractivity contribution < 1.29 is 10.2 Å². The van der Waals surface area contributed by atoms with Crippen LogP contribution in [0, 0.1) is 0 Å². The van der Waals surface area contributed by atoms with Crippen molar-refractivity contribution in [2.75, 3.05) is 0 Å². The average Bonchev–Trinajstić information content (AvgIpc) is 3.17. The molecule has 4 heteroatoms. The fourth-order valence-electron chi connectivity index (χ4n) is 7.64. The topological polar surface area (TPSA) is 65.2 Å². The van der Waals surface area contributed by atoms with Gasteiger partial charge in [0, 0.05) is 44.8 Å². The highest BCUT2D eigenvalue weighted by atomic mass is 16.3. The summed E-state index contributed by atoms with van der Waals surface area (Å²) in [5.41, 5.74) is 13.7. The Labute approximate surface area is 359 Å². The van der Waals surface area contributed by atoms with E-state index in [1.54, 1.807) is 0 Å². The van der Waals surface area contributed by atoms with Crippen LogP contribution in [-0.4, -0.2) is 21.6 Å². The summed E-state index contributed by atoms with van der Waals surface area (Å²) in [4.78, 5) is 10.8. The van der Waals surface area contributed by atoms with Crippen molar-refractivity contribution in [2.45, 2.75) is 119 Å². The molecule has 0 amide bonds. The van der Waals surface area contributed by atoms with Gasteiger partial charge in [0.1, 0.15) is 11.5 Å². The Morgan fingerprint density at radius 1 is 0.383 bits per heavy atom. The number of aromatic hydroxyl groups is 2. The molecular weight excluding hydrogens is 733 g/mol. The standard InChI is InChI=1S/C56H64N2O2/c1-35(45-31-41(53(3,4)5)33-47(51(45)59)55(9,10)11)57-49-29-39(37-21-17-15-18-22-37)25-27-43(49)44-28-26-40(38-23-19-16-20-24-38)30-50(44)58-36(2)46-32-42(54(6,7)8)34-48(52(46)60)56(12,13)14/h15-34,59-60H,1-14H3. The number of phenols is 2. The summed E-state index contributed by atoms with van der Waals surface area (Å²) in [5.74, 6) is 0.523. The third-order valence-electron chi connectivity index (χ3n) is 11.4. The van der Waals surface area contributed by atoms with Crippen molar-refractivity contribution >= 4 is 22.8 Å². The third-order valence-corrected chi connectivity index (χ3v) is 11.4. The Balaban J connectivity index is 1.65. The van der Waals surface area contributed by atoms with Gasteiger partial charge in [-0.1, -0.05) is 180 Å². The smallest absolute Gasteiger partial charge is 0.128 e. The van der Waals surface area contributed by atoms with Crippen LogP contribution in [0.1, 0.15) is 130 Å². The van der Waals surface area contributed by atoms with Crippen molar-refractivity contribution in [3.8, 4) is 44.9 Å². The van der Waals surface area contributed by atoms with Gasteiger partial charge in [0.05, 0.1) is 11.4 Å². The summed E-state index contributed by atoms with van der Waals surface area (Å²) in [6.45, 7) is 30.0. The summed E-state index contributed by atoms with van der Waals surface area (Å²) in [6.07, 6.45) is 0. The molecule has 0 aliphatic carbocycles. The molecular formula is C56H64N2O2. The molecule has 0 unspecified atom stereocenters. The number of aliphatic imine (C=N–C) groups is 2. The molecule has 0 atom stereocenters. The van der Waals surface area contributed by atoms with Gasteiger partial charge in [-0.2, -0.15) is 0 Å². The van der Waals surface area contributed by atoms with E-state index >= 15 is 0 Å². The minimum Gasteiger partial charge on any atom is -0.507 e. The first-order valence-corrected chi connectivity index (χ1v) is 21.2. The minimum absolute atomic E-state index is 0.138. The summed E-state index contributed by atoms with van der Waals surface area (Å²) in [6, 6.07) is 42.1. The predicted octanol–water partition coefficient (Wildman–Crippen LogP) is 15.6. The number of phenolic OH excluding ortho intramolecular Hbond substituents is 2. The summed E-state index contributed by atoms with van der Waals surface area (Å²) < 4.78 is 0. The summed E-state index contributed by atoms with van der Waals surface area (Å²) in [7, 11) is 0. The van der Waals surface area contributed by atoms with Crippen molar-refractivity contribution in [2.24, 2.45) is 9.98 Å². The normalized spacial score (nSPS) is 13.2. The van der Waals surface area contributed by atoms with E-state index in [2.05, 4.69) is 192 Å². The molecule has 0 fully saturated rings. The predicted molar refractivity (Wildman–Crippen MR) is 258 cm³/mol. The molecule has 6 aromatic rings. The number of hydrogen-bond acceptors (Lipinski definition) is 4. The maximum Gasteiger partial charge on any atom is 0.128 e. The fraction of sp³-hybridized carbons (Fsp3) is 0.321.